The number of aromatic nitrogens is 1. The molecule has 0 fully saturated rings. The standard InChI is InChI=1S/C15H25N3O2/c1-5-11(3)18-15(19)12(4)20-14-7-6-13(17-9-14)8-10(2)16/h6-7,9-12H,5,8,16H2,1-4H3,(H,18,19). The summed E-state index contributed by atoms with van der Waals surface area (Å²) in [6.45, 7) is 7.66. The molecule has 0 aliphatic heterocycles. The molecular formula is C15H25N3O2. The number of rotatable bonds is 7. The molecule has 0 saturated carbocycles. The Bertz CT molecular complexity index is 418. The topological polar surface area (TPSA) is 77.2 Å². The molecule has 1 amide bonds. The van der Waals surface area contributed by atoms with Crippen molar-refractivity contribution in [3.8, 4) is 5.75 Å². The molecule has 5 nitrogen and oxygen atoms in total. The monoisotopic (exact) mass is 279 g/mol. The van der Waals surface area contributed by atoms with Gasteiger partial charge in [-0.05, 0) is 39.3 Å². The van der Waals surface area contributed by atoms with Crippen LogP contribution in [0.1, 0.15) is 39.8 Å². The van der Waals surface area contributed by atoms with Crippen molar-refractivity contribution in [2.75, 3.05) is 0 Å². The van der Waals surface area contributed by atoms with Crippen LogP contribution in [0.3, 0.4) is 0 Å². The third kappa shape index (κ3) is 5.57. The Morgan fingerprint density at radius 2 is 2.10 bits per heavy atom. The van der Waals surface area contributed by atoms with Gasteiger partial charge in [-0.1, -0.05) is 6.92 Å². The molecule has 3 unspecified atom stereocenters. The maximum atomic E-state index is 11.9. The van der Waals surface area contributed by atoms with Crippen molar-refractivity contribution in [3.63, 3.8) is 0 Å². The lowest BCUT2D eigenvalue weighted by molar-refractivity contribution is -0.127. The highest BCUT2D eigenvalue weighted by Gasteiger charge is 2.16. The molecule has 0 saturated heterocycles. The van der Waals surface area contributed by atoms with Gasteiger partial charge < -0.3 is 15.8 Å². The fourth-order valence-corrected chi connectivity index (χ4v) is 1.65. The van der Waals surface area contributed by atoms with Gasteiger partial charge in [0.2, 0.25) is 0 Å². The van der Waals surface area contributed by atoms with E-state index in [-0.39, 0.29) is 18.0 Å². The van der Waals surface area contributed by atoms with E-state index in [0.29, 0.717) is 5.75 Å². The minimum atomic E-state index is -0.537. The molecule has 1 aromatic rings. The van der Waals surface area contributed by atoms with Crippen molar-refractivity contribution in [3.05, 3.63) is 24.0 Å². The maximum Gasteiger partial charge on any atom is 0.260 e. The van der Waals surface area contributed by atoms with Gasteiger partial charge in [-0.25, -0.2) is 0 Å². The Labute approximate surface area is 120 Å². The zero-order valence-corrected chi connectivity index (χ0v) is 12.7. The van der Waals surface area contributed by atoms with E-state index in [2.05, 4.69) is 10.3 Å². The average Bonchev–Trinajstić information content (AvgIpc) is 2.40. The van der Waals surface area contributed by atoms with Gasteiger partial charge in [-0.3, -0.25) is 9.78 Å². The van der Waals surface area contributed by atoms with Gasteiger partial charge in [0.15, 0.2) is 6.10 Å². The number of amides is 1. The molecule has 5 heteroatoms. The Hall–Kier alpha value is -1.62. The van der Waals surface area contributed by atoms with E-state index < -0.39 is 6.10 Å². The number of nitrogens with two attached hydrogens (primary N) is 1. The van der Waals surface area contributed by atoms with Crippen LogP contribution in [0, 0.1) is 0 Å². The van der Waals surface area contributed by atoms with Crippen molar-refractivity contribution in [1.29, 1.82) is 0 Å². The number of hydrogen-bond donors (Lipinski definition) is 2. The van der Waals surface area contributed by atoms with Crippen LogP contribution >= 0.6 is 0 Å². The average molecular weight is 279 g/mol. The van der Waals surface area contributed by atoms with E-state index in [1.807, 2.05) is 32.9 Å². The summed E-state index contributed by atoms with van der Waals surface area (Å²) >= 11 is 0. The maximum absolute atomic E-state index is 11.9. The number of carbonyl (C=O) groups excluding carboxylic acids is 1. The number of carbonyl (C=O) groups is 1. The van der Waals surface area contributed by atoms with Crippen LogP contribution in [-0.4, -0.2) is 29.1 Å². The molecule has 0 aliphatic rings. The zero-order chi connectivity index (χ0) is 15.1. The minimum Gasteiger partial charge on any atom is -0.479 e. The zero-order valence-electron chi connectivity index (χ0n) is 12.7. The second kappa shape index (κ2) is 7.85. The van der Waals surface area contributed by atoms with Gasteiger partial charge in [0.05, 0.1) is 6.20 Å². The minimum absolute atomic E-state index is 0.0782. The Morgan fingerprint density at radius 1 is 1.40 bits per heavy atom. The van der Waals surface area contributed by atoms with Gasteiger partial charge >= 0.3 is 0 Å². The summed E-state index contributed by atoms with van der Waals surface area (Å²) in [7, 11) is 0. The van der Waals surface area contributed by atoms with Crippen molar-refractivity contribution < 1.29 is 9.53 Å². The van der Waals surface area contributed by atoms with Crippen LogP contribution in [0.25, 0.3) is 0 Å². The Morgan fingerprint density at radius 3 is 2.60 bits per heavy atom. The largest absolute Gasteiger partial charge is 0.479 e. The van der Waals surface area contributed by atoms with Crippen molar-refractivity contribution in [1.82, 2.24) is 10.3 Å². The fraction of sp³-hybridized carbons (Fsp3) is 0.600. The van der Waals surface area contributed by atoms with Crippen LogP contribution in [0.15, 0.2) is 18.3 Å². The molecule has 112 valence electrons. The summed E-state index contributed by atoms with van der Waals surface area (Å²) in [4.78, 5) is 16.1. The van der Waals surface area contributed by atoms with E-state index in [0.717, 1.165) is 18.5 Å². The van der Waals surface area contributed by atoms with Gasteiger partial charge in [0.1, 0.15) is 5.75 Å². The van der Waals surface area contributed by atoms with Crippen LogP contribution in [0.4, 0.5) is 0 Å². The second-order valence-electron chi connectivity index (χ2n) is 5.24. The molecule has 1 rings (SSSR count). The summed E-state index contributed by atoms with van der Waals surface area (Å²) in [6.07, 6.45) is 2.71. The van der Waals surface area contributed by atoms with E-state index in [1.165, 1.54) is 0 Å². The molecular weight excluding hydrogens is 254 g/mol. The molecule has 0 bridgehead atoms. The predicted molar refractivity (Wildman–Crippen MR) is 79.6 cm³/mol. The molecule has 1 heterocycles. The third-order valence-electron chi connectivity index (χ3n) is 3.01. The van der Waals surface area contributed by atoms with E-state index >= 15 is 0 Å². The first kappa shape index (κ1) is 16.4. The summed E-state index contributed by atoms with van der Waals surface area (Å²) < 4.78 is 5.58. The lowest BCUT2D eigenvalue weighted by atomic mass is 10.2. The first-order valence-electron chi connectivity index (χ1n) is 7.10. The number of nitrogens with zero attached hydrogens (tertiary/aromatic N) is 1. The van der Waals surface area contributed by atoms with Gasteiger partial charge in [0, 0.05) is 24.2 Å². The highest BCUT2D eigenvalue weighted by molar-refractivity contribution is 5.80. The molecule has 1 aromatic heterocycles. The SMILES string of the molecule is CCC(C)NC(=O)C(C)Oc1ccc(CC(C)N)nc1. The van der Waals surface area contributed by atoms with Gasteiger partial charge in [-0.15, -0.1) is 0 Å². The second-order valence-corrected chi connectivity index (χ2v) is 5.24. The molecule has 0 aliphatic carbocycles. The van der Waals surface area contributed by atoms with E-state index in [9.17, 15) is 4.79 Å². The highest BCUT2D eigenvalue weighted by atomic mass is 16.5. The third-order valence-corrected chi connectivity index (χ3v) is 3.01. The van der Waals surface area contributed by atoms with Crippen LogP contribution in [-0.2, 0) is 11.2 Å². The Balaban J connectivity index is 2.53. The number of nitrogens with one attached hydrogen (secondary N) is 1. The first-order valence-corrected chi connectivity index (χ1v) is 7.10. The number of hydrogen-bond acceptors (Lipinski definition) is 4. The molecule has 3 N–H and O–H groups in total. The van der Waals surface area contributed by atoms with Gasteiger partial charge in [-0.2, -0.15) is 0 Å². The predicted octanol–water partition coefficient (Wildman–Crippen LogP) is 1.65. The van der Waals surface area contributed by atoms with E-state index in [4.69, 9.17) is 10.5 Å². The normalized spacial score (nSPS) is 15.2. The smallest absolute Gasteiger partial charge is 0.260 e. The molecule has 0 radical (unpaired) electrons. The van der Waals surface area contributed by atoms with Crippen molar-refractivity contribution >= 4 is 5.91 Å². The lowest BCUT2D eigenvalue weighted by Gasteiger charge is -2.17. The summed E-state index contributed by atoms with van der Waals surface area (Å²) in [5.74, 6) is 0.476. The van der Waals surface area contributed by atoms with Crippen LogP contribution in [0.5, 0.6) is 5.75 Å². The van der Waals surface area contributed by atoms with Crippen molar-refractivity contribution in [2.45, 2.75) is 58.7 Å². The summed E-state index contributed by atoms with van der Waals surface area (Å²) in [6, 6.07) is 3.92. The molecule has 3 atom stereocenters. The molecule has 0 spiro atoms. The lowest BCUT2D eigenvalue weighted by Crippen LogP contribution is -2.41. The van der Waals surface area contributed by atoms with Gasteiger partial charge in [0.25, 0.3) is 5.91 Å². The molecule has 20 heavy (non-hydrogen) atoms. The quantitative estimate of drug-likeness (QED) is 0.795. The van der Waals surface area contributed by atoms with Crippen LogP contribution < -0.4 is 15.8 Å². The first-order chi connectivity index (χ1) is 9.42. The summed E-state index contributed by atoms with van der Waals surface area (Å²) in [5.41, 5.74) is 6.64. The van der Waals surface area contributed by atoms with Crippen molar-refractivity contribution in [2.24, 2.45) is 5.73 Å². The highest BCUT2D eigenvalue weighted by Crippen LogP contribution is 2.12. The molecule has 0 aromatic carbocycles. The number of ether oxygens (including phenoxy) is 1. The summed E-state index contributed by atoms with van der Waals surface area (Å²) in [5, 5.41) is 2.89. The van der Waals surface area contributed by atoms with E-state index in [1.54, 1.807) is 13.1 Å². The fourth-order valence-electron chi connectivity index (χ4n) is 1.65. The number of pyridine rings is 1. The Kier molecular flexibility index (Phi) is 6.45. The van der Waals surface area contributed by atoms with Crippen LogP contribution in [0.2, 0.25) is 0 Å².